The van der Waals surface area contributed by atoms with Gasteiger partial charge in [0.2, 0.25) is 0 Å². The van der Waals surface area contributed by atoms with Gasteiger partial charge in [0.05, 0.1) is 23.5 Å². The van der Waals surface area contributed by atoms with Crippen molar-refractivity contribution in [1.82, 2.24) is 9.97 Å². The molecule has 1 saturated heterocycles. The Hall–Kier alpha value is -1.73. The molecule has 2 aliphatic rings. The molecule has 0 amide bonds. The van der Waals surface area contributed by atoms with Crippen molar-refractivity contribution < 1.29 is 14.3 Å². The number of carbonyl (C=O) groups excluding carboxylic acids is 1. The molecule has 6 nitrogen and oxygen atoms in total. The SMILES string of the molecule is Cc1sc2nc(COC(=O)C34CCCC(C3)OC4)nc(N)c2c1C. The van der Waals surface area contributed by atoms with Crippen LogP contribution in [0.3, 0.4) is 0 Å². The average molecular weight is 347 g/mol. The molecule has 2 aromatic rings. The lowest BCUT2D eigenvalue weighted by molar-refractivity contribution is -0.158. The minimum atomic E-state index is -0.464. The van der Waals surface area contributed by atoms with Crippen molar-refractivity contribution >= 4 is 33.3 Å². The first-order valence-corrected chi connectivity index (χ1v) is 9.11. The number of nitrogens with two attached hydrogens (primary N) is 1. The largest absolute Gasteiger partial charge is 0.457 e. The molecule has 4 rings (SSSR count). The highest BCUT2D eigenvalue weighted by Gasteiger charge is 2.49. The van der Waals surface area contributed by atoms with E-state index in [1.54, 1.807) is 11.3 Å². The summed E-state index contributed by atoms with van der Waals surface area (Å²) in [6.45, 7) is 4.59. The number of fused-ring (bicyclic) bond motifs is 3. The van der Waals surface area contributed by atoms with Crippen molar-refractivity contribution in [3.8, 4) is 0 Å². The first-order chi connectivity index (χ1) is 11.5. The van der Waals surface area contributed by atoms with Crippen LogP contribution in [0.2, 0.25) is 0 Å². The Kier molecular flexibility index (Phi) is 3.73. The predicted octanol–water partition coefficient (Wildman–Crippen LogP) is 2.89. The van der Waals surface area contributed by atoms with E-state index < -0.39 is 5.41 Å². The van der Waals surface area contributed by atoms with Crippen LogP contribution in [0.1, 0.15) is 41.9 Å². The second-order valence-corrected chi connectivity index (χ2v) is 8.08. The van der Waals surface area contributed by atoms with Gasteiger partial charge in [0, 0.05) is 4.88 Å². The van der Waals surface area contributed by atoms with Crippen LogP contribution in [-0.2, 0) is 20.9 Å². The number of hydrogen-bond acceptors (Lipinski definition) is 7. The molecule has 2 N–H and O–H groups in total. The number of ether oxygens (including phenoxy) is 2. The van der Waals surface area contributed by atoms with Crippen LogP contribution < -0.4 is 5.73 Å². The second kappa shape index (κ2) is 5.67. The number of hydrogen-bond donors (Lipinski definition) is 1. The van der Waals surface area contributed by atoms with E-state index in [0.717, 1.165) is 41.5 Å². The van der Waals surface area contributed by atoms with Crippen LogP contribution >= 0.6 is 11.3 Å². The van der Waals surface area contributed by atoms with E-state index in [4.69, 9.17) is 15.2 Å². The van der Waals surface area contributed by atoms with Crippen molar-refractivity contribution in [2.45, 2.75) is 52.2 Å². The lowest BCUT2D eigenvalue weighted by atomic mass is 9.76. The van der Waals surface area contributed by atoms with Gasteiger partial charge in [-0.2, -0.15) is 0 Å². The summed E-state index contributed by atoms with van der Waals surface area (Å²) in [7, 11) is 0. The molecule has 2 fully saturated rings. The zero-order valence-corrected chi connectivity index (χ0v) is 14.7. The molecule has 0 aromatic carbocycles. The van der Waals surface area contributed by atoms with Gasteiger partial charge in [-0.05, 0) is 45.1 Å². The third-order valence-corrected chi connectivity index (χ3v) is 6.36. The van der Waals surface area contributed by atoms with Crippen molar-refractivity contribution in [3.63, 3.8) is 0 Å². The van der Waals surface area contributed by atoms with E-state index in [0.29, 0.717) is 18.2 Å². The fourth-order valence-corrected chi connectivity index (χ4v) is 4.83. The Bertz CT molecular complexity index is 815. The van der Waals surface area contributed by atoms with Crippen LogP contribution in [-0.4, -0.2) is 28.6 Å². The molecule has 2 bridgehead atoms. The molecule has 3 heterocycles. The fourth-order valence-electron chi connectivity index (χ4n) is 3.78. The lowest BCUT2D eigenvalue weighted by Crippen LogP contribution is -2.35. The van der Waals surface area contributed by atoms with E-state index in [1.807, 2.05) is 13.8 Å². The van der Waals surface area contributed by atoms with Gasteiger partial charge in [-0.15, -0.1) is 11.3 Å². The summed E-state index contributed by atoms with van der Waals surface area (Å²) in [5.74, 6) is 0.718. The van der Waals surface area contributed by atoms with E-state index in [9.17, 15) is 4.79 Å². The summed E-state index contributed by atoms with van der Waals surface area (Å²) in [5.41, 5.74) is 6.73. The first-order valence-electron chi connectivity index (χ1n) is 8.29. The Morgan fingerprint density at radius 2 is 2.29 bits per heavy atom. The van der Waals surface area contributed by atoms with Gasteiger partial charge in [0.15, 0.2) is 12.4 Å². The molecule has 0 radical (unpaired) electrons. The molecule has 7 heteroatoms. The molecule has 128 valence electrons. The van der Waals surface area contributed by atoms with Crippen molar-refractivity contribution in [2.24, 2.45) is 5.41 Å². The quantitative estimate of drug-likeness (QED) is 0.859. The molecule has 2 atom stereocenters. The van der Waals surface area contributed by atoms with Crippen LogP contribution in [0, 0.1) is 19.3 Å². The number of thiophene rings is 1. The van der Waals surface area contributed by atoms with Gasteiger partial charge in [-0.1, -0.05) is 0 Å². The van der Waals surface area contributed by atoms with Crippen molar-refractivity contribution in [1.29, 1.82) is 0 Å². The van der Waals surface area contributed by atoms with Crippen molar-refractivity contribution in [3.05, 3.63) is 16.3 Å². The minimum absolute atomic E-state index is 0.0569. The first kappa shape index (κ1) is 15.8. The number of anilines is 1. The van der Waals surface area contributed by atoms with E-state index in [-0.39, 0.29) is 18.7 Å². The molecule has 2 aromatic heterocycles. The van der Waals surface area contributed by atoms with Crippen LogP contribution in [0.15, 0.2) is 0 Å². The van der Waals surface area contributed by atoms with Gasteiger partial charge >= 0.3 is 5.97 Å². The zero-order chi connectivity index (χ0) is 16.9. The Morgan fingerprint density at radius 3 is 3.12 bits per heavy atom. The number of carbonyl (C=O) groups is 1. The zero-order valence-electron chi connectivity index (χ0n) is 13.9. The average Bonchev–Trinajstić information content (AvgIpc) is 3.02. The monoisotopic (exact) mass is 347 g/mol. The lowest BCUT2D eigenvalue weighted by Gasteiger charge is -2.28. The molecule has 0 spiro atoms. The highest BCUT2D eigenvalue weighted by Crippen LogP contribution is 2.44. The van der Waals surface area contributed by atoms with Crippen LogP contribution in [0.25, 0.3) is 10.2 Å². The Morgan fingerprint density at radius 1 is 1.46 bits per heavy atom. The maximum Gasteiger partial charge on any atom is 0.314 e. The maximum absolute atomic E-state index is 12.6. The van der Waals surface area contributed by atoms with Gasteiger partial charge in [0.1, 0.15) is 10.6 Å². The number of nitrogens with zero attached hydrogens (tertiary/aromatic N) is 2. The normalized spacial score (nSPS) is 26.0. The van der Waals surface area contributed by atoms with Crippen LogP contribution in [0.4, 0.5) is 5.82 Å². The highest BCUT2D eigenvalue weighted by molar-refractivity contribution is 7.18. The molecular formula is C17H21N3O3S. The summed E-state index contributed by atoms with van der Waals surface area (Å²) in [6.07, 6.45) is 3.89. The fraction of sp³-hybridized carbons (Fsp3) is 0.588. The van der Waals surface area contributed by atoms with Crippen LogP contribution in [0.5, 0.6) is 0 Å². The highest BCUT2D eigenvalue weighted by atomic mass is 32.1. The van der Waals surface area contributed by atoms with Gasteiger partial charge in [-0.25, -0.2) is 9.97 Å². The Labute approximate surface area is 144 Å². The minimum Gasteiger partial charge on any atom is -0.457 e. The number of aromatic nitrogens is 2. The predicted molar refractivity (Wildman–Crippen MR) is 91.7 cm³/mol. The van der Waals surface area contributed by atoms with Gasteiger partial charge in [-0.3, -0.25) is 4.79 Å². The summed E-state index contributed by atoms with van der Waals surface area (Å²) in [6, 6.07) is 0. The number of aryl methyl sites for hydroxylation is 2. The standard InChI is InChI=1S/C17H21N3O3S/c1-9-10(2)24-15-13(9)14(18)19-12(20-15)7-22-16(21)17-5-3-4-11(6-17)23-8-17/h11H,3-8H2,1-2H3,(H2,18,19,20). The summed E-state index contributed by atoms with van der Waals surface area (Å²) in [4.78, 5) is 23.4. The molecule has 2 unspecified atom stereocenters. The summed E-state index contributed by atoms with van der Waals surface area (Å²) >= 11 is 1.59. The summed E-state index contributed by atoms with van der Waals surface area (Å²) in [5, 5.41) is 0.908. The maximum atomic E-state index is 12.6. The molecule has 24 heavy (non-hydrogen) atoms. The topological polar surface area (TPSA) is 87.3 Å². The number of rotatable bonds is 3. The molecule has 1 saturated carbocycles. The molecule has 1 aliphatic heterocycles. The van der Waals surface area contributed by atoms with E-state index in [1.165, 1.54) is 4.88 Å². The second-order valence-electron chi connectivity index (χ2n) is 6.87. The van der Waals surface area contributed by atoms with E-state index >= 15 is 0 Å². The van der Waals surface area contributed by atoms with E-state index in [2.05, 4.69) is 9.97 Å². The number of esters is 1. The molecule has 1 aliphatic carbocycles. The third kappa shape index (κ3) is 2.46. The Balaban J connectivity index is 1.52. The van der Waals surface area contributed by atoms with Gasteiger partial charge in [0.25, 0.3) is 0 Å². The molecular weight excluding hydrogens is 326 g/mol. The van der Waals surface area contributed by atoms with Gasteiger partial charge < -0.3 is 15.2 Å². The third-order valence-electron chi connectivity index (χ3n) is 5.26. The smallest absolute Gasteiger partial charge is 0.314 e. The van der Waals surface area contributed by atoms with Crippen molar-refractivity contribution in [2.75, 3.05) is 12.3 Å². The summed E-state index contributed by atoms with van der Waals surface area (Å²) < 4.78 is 11.2. The number of nitrogen functional groups attached to an aromatic ring is 1.